The first-order valence-electron chi connectivity index (χ1n) is 9.42. The number of carboxylic acids is 1. The second kappa shape index (κ2) is 8.08. The maximum atomic E-state index is 14.4. The maximum Gasteiger partial charge on any atom is 0.319 e. The summed E-state index contributed by atoms with van der Waals surface area (Å²) in [5, 5.41) is 11.2. The summed E-state index contributed by atoms with van der Waals surface area (Å²) in [5.41, 5.74) is 3.76. The van der Waals surface area contributed by atoms with Gasteiger partial charge in [-0.1, -0.05) is 19.3 Å². The number of H-pyrrole nitrogens is 1. The van der Waals surface area contributed by atoms with Gasteiger partial charge in [0.25, 0.3) is 0 Å². The fourth-order valence-electron chi connectivity index (χ4n) is 3.67. The zero-order chi connectivity index (χ0) is 20.4. The topological polar surface area (TPSA) is 107 Å². The quantitative estimate of drug-likeness (QED) is 0.543. The number of aromatic nitrogens is 4. The Kier molecular flexibility index (Phi) is 5.34. The van der Waals surface area contributed by atoms with E-state index in [0.29, 0.717) is 16.6 Å². The lowest BCUT2D eigenvalue weighted by Gasteiger charge is -2.33. The summed E-state index contributed by atoms with van der Waals surface area (Å²) < 4.78 is 28.0. The van der Waals surface area contributed by atoms with E-state index >= 15 is 0 Å². The zero-order valence-corrected chi connectivity index (χ0v) is 15.5. The van der Waals surface area contributed by atoms with Crippen LogP contribution in [-0.2, 0) is 4.79 Å². The lowest BCUT2D eigenvalue weighted by atomic mass is 9.95. The number of hydrazine groups is 1. The number of anilines is 1. The van der Waals surface area contributed by atoms with E-state index in [2.05, 4.69) is 25.4 Å². The van der Waals surface area contributed by atoms with Crippen LogP contribution in [0.4, 0.5) is 14.6 Å². The van der Waals surface area contributed by atoms with E-state index in [9.17, 15) is 18.7 Å². The minimum Gasteiger partial charge on any atom is -0.480 e. The number of hydrogen-bond donors (Lipinski definition) is 3. The van der Waals surface area contributed by atoms with Gasteiger partial charge in [-0.05, 0) is 18.9 Å². The van der Waals surface area contributed by atoms with Gasteiger partial charge in [-0.3, -0.25) is 10.2 Å². The van der Waals surface area contributed by atoms with E-state index < -0.39 is 17.6 Å². The first kappa shape index (κ1) is 19.2. The minimum absolute atomic E-state index is 0.0240. The first-order valence-corrected chi connectivity index (χ1v) is 9.42. The normalized spacial score (nSPS) is 15.1. The van der Waals surface area contributed by atoms with Crippen LogP contribution in [0, 0.1) is 11.6 Å². The highest BCUT2D eigenvalue weighted by Crippen LogP contribution is 2.28. The van der Waals surface area contributed by atoms with Crippen LogP contribution in [0.15, 0.2) is 24.7 Å². The Labute approximate surface area is 165 Å². The number of rotatable bonds is 6. The molecule has 0 unspecified atom stereocenters. The third kappa shape index (κ3) is 4.16. The van der Waals surface area contributed by atoms with Gasteiger partial charge < -0.3 is 10.1 Å². The fourth-order valence-corrected chi connectivity index (χ4v) is 3.67. The van der Waals surface area contributed by atoms with Crippen LogP contribution in [-0.4, -0.2) is 48.6 Å². The maximum absolute atomic E-state index is 14.4. The Morgan fingerprint density at radius 1 is 1.24 bits per heavy atom. The number of halogens is 2. The Morgan fingerprint density at radius 3 is 2.79 bits per heavy atom. The molecule has 1 fully saturated rings. The number of carbonyl (C=O) groups is 1. The summed E-state index contributed by atoms with van der Waals surface area (Å²) in [5.74, 6) is -2.18. The second-order valence-electron chi connectivity index (χ2n) is 7.07. The molecule has 152 valence electrons. The van der Waals surface area contributed by atoms with Crippen molar-refractivity contribution in [1.82, 2.24) is 24.9 Å². The number of hydrogen-bond acceptors (Lipinski definition) is 6. The number of carboxylic acid groups (broad SMARTS) is 1. The van der Waals surface area contributed by atoms with E-state index in [0.717, 1.165) is 44.5 Å². The molecule has 0 aliphatic heterocycles. The molecule has 29 heavy (non-hydrogen) atoms. The van der Waals surface area contributed by atoms with Gasteiger partial charge in [0, 0.05) is 23.2 Å². The van der Waals surface area contributed by atoms with Gasteiger partial charge in [-0.15, -0.1) is 0 Å². The Bertz CT molecular complexity index is 1030. The van der Waals surface area contributed by atoms with Crippen LogP contribution in [0.1, 0.15) is 32.1 Å². The van der Waals surface area contributed by atoms with Gasteiger partial charge >= 0.3 is 5.97 Å². The molecule has 3 N–H and O–H groups in total. The van der Waals surface area contributed by atoms with Gasteiger partial charge in [0.2, 0.25) is 0 Å². The third-order valence-electron chi connectivity index (χ3n) is 5.05. The Morgan fingerprint density at radius 2 is 2.03 bits per heavy atom. The van der Waals surface area contributed by atoms with E-state index in [4.69, 9.17) is 0 Å². The first-order chi connectivity index (χ1) is 14.0. The third-order valence-corrected chi connectivity index (χ3v) is 5.05. The standard InChI is InChI=1S/C19H20F2N6O2/c20-11-6-13-14(8-23-17(13)22-7-11)18-24-9-15(21)19(25-18)26-27(10-16(28)29)12-4-2-1-3-5-12/h6-9,12H,1-5,10H2,(H,22,23)(H,28,29)(H,24,25,26). The molecule has 8 nitrogen and oxygen atoms in total. The lowest BCUT2D eigenvalue weighted by Crippen LogP contribution is -2.44. The van der Waals surface area contributed by atoms with Crippen molar-refractivity contribution in [2.75, 3.05) is 12.0 Å². The van der Waals surface area contributed by atoms with E-state index in [1.165, 1.54) is 11.1 Å². The number of nitrogens with one attached hydrogen (secondary N) is 2. The van der Waals surface area contributed by atoms with Gasteiger partial charge in [-0.25, -0.2) is 28.7 Å². The summed E-state index contributed by atoms with van der Waals surface area (Å²) in [4.78, 5) is 26.4. The molecule has 1 saturated carbocycles. The molecule has 0 atom stereocenters. The van der Waals surface area contributed by atoms with Crippen molar-refractivity contribution in [3.05, 3.63) is 36.3 Å². The van der Waals surface area contributed by atoms with Crippen LogP contribution in [0.3, 0.4) is 0 Å². The van der Waals surface area contributed by atoms with Crippen molar-refractivity contribution in [3.8, 4) is 11.4 Å². The number of pyridine rings is 1. The summed E-state index contributed by atoms with van der Waals surface area (Å²) in [6.07, 6.45) is 8.42. The predicted octanol–water partition coefficient (Wildman–Crippen LogP) is 3.34. The Balaban J connectivity index is 1.66. The van der Waals surface area contributed by atoms with Gasteiger partial charge in [-0.2, -0.15) is 0 Å². The monoisotopic (exact) mass is 402 g/mol. The molecule has 0 saturated heterocycles. The van der Waals surface area contributed by atoms with E-state index in [1.807, 2.05) is 0 Å². The molecule has 3 aromatic rings. The van der Waals surface area contributed by atoms with Crippen LogP contribution >= 0.6 is 0 Å². The molecule has 3 heterocycles. The SMILES string of the molecule is O=C(O)CN(Nc1nc(-c2c[nH]c3ncc(F)cc23)ncc1F)C1CCCCC1. The summed E-state index contributed by atoms with van der Waals surface area (Å²) in [6, 6.07) is 1.27. The predicted molar refractivity (Wildman–Crippen MR) is 102 cm³/mol. The smallest absolute Gasteiger partial charge is 0.319 e. The largest absolute Gasteiger partial charge is 0.480 e. The fraction of sp³-hybridized carbons (Fsp3) is 0.368. The van der Waals surface area contributed by atoms with Crippen LogP contribution in [0.25, 0.3) is 22.4 Å². The van der Waals surface area contributed by atoms with Crippen molar-refractivity contribution in [2.24, 2.45) is 0 Å². The van der Waals surface area contributed by atoms with Crippen molar-refractivity contribution < 1.29 is 18.7 Å². The van der Waals surface area contributed by atoms with Crippen LogP contribution < -0.4 is 5.43 Å². The zero-order valence-electron chi connectivity index (χ0n) is 15.5. The highest BCUT2D eigenvalue weighted by molar-refractivity contribution is 5.91. The van der Waals surface area contributed by atoms with Crippen molar-refractivity contribution in [2.45, 2.75) is 38.1 Å². The molecular formula is C19H20F2N6O2. The minimum atomic E-state index is -1.02. The van der Waals surface area contributed by atoms with Crippen molar-refractivity contribution in [3.63, 3.8) is 0 Å². The van der Waals surface area contributed by atoms with Gasteiger partial charge in [0.1, 0.15) is 18.0 Å². The number of nitrogens with zero attached hydrogens (tertiary/aromatic N) is 4. The molecule has 0 spiro atoms. The number of aliphatic carboxylic acids is 1. The molecule has 10 heteroatoms. The summed E-state index contributed by atoms with van der Waals surface area (Å²) >= 11 is 0. The molecule has 0 aromatic carbocycles. The highest BCUT2D eigenvalue weighted by Gasteiger charge is 2.25. The van der Waals surface area contributed by atoms with Gasteiger partial charge in [0.05, 0.1) is 12.4 Å². The second-order valence-corrected chi connectivity index (χ2v) is 7.07. The van der Waals surface area contributed by atoms with Crippen LogP contribution in [0.2, 0.25) is 0 Å². The lowest BCUT2D eigenvalue weighted by molar-refractivity contribution is -0.138. The molecular weight excluding hydrogens is 382 g/mol. The van der Waals surface area contributed by atoms with E-state index in [1.54, 1.807) is 6.20 Å². The molecule has 0 bridgehead atoms. The summed E-state index contributed by atoms with van der Waals surface area (Å²) in [6.45, 7) is -0.286. The number of fused-ring (bicyclic) bond motifs is 1. The van der Waals surface area contributed by atoms with E-state index in [-0.39, 0.29) is 24.2 Å². The molecule has 0 amide bonds. The summed E-state index contributed by atoms with van der Waals surface area (Å²) in [7, 11) is 0. The van der Waals surface area contributed by atoms with Crippen LogP contribution in [0.5, 0.6) is 0 Å². The average molecular weight is 402 g/mol. The molecule has 1 aliphatic carbocycles. The molecule has 3 aromatic heterocycles. The molecule has 0 radical (unpaired) electrons. The van der Waals surface area contributed by atoms with Crippen molar-refractivity contribution >= 4 is 22.8 Å². The average Bonchev–Trinajstić information content (AvgIpc) is 3.12. The highest BCUT2D eigenvalue weighted by atomic mass is 19.1. The van der Waals surface area contributed by atoms with Crippen molar-refractivity contribution in [1.29, 1.82) is 0 Å². The molecule has 4 rings (SSSR count). The Hall–Kier alpha value is -3.14. The van der Waals surface area contributed by atoms with Gasteiger partial charge in [0.15, 0.2) is 17.5 Å². The number of aromatic amines is 1. The molecule has 1 aliphatic rings.